The lowest BCUT2D eigenvalue weighted by Crippen LogP contribution is -2.28. The molecule has 3 N–H and O–H groups in total. The van der Waals surface area contributed by atoms with Crippen molar-refractivity contribution in [3.05, 3.63) is 27.7 Å². The summed E-state index contributed by atoms with van der Waals surface area (Å²) in [6.45, 7) is -0.0515. The van der Waals surface area contributed by atoms with Gasteiger partial charge in [-0.25, -0.2) is 13.1 Å². The first-order chi connectivity index (χ1) is 7.83. The number of sulfonamides is 1. The second-order valence-corrected chi connectivity index (χ2v) is 6.25. The number of halogens is 2. The van der Waals surface area contributed by atoms with Gasteiger partial charge in [-0.05, 0) is 18.2 Å². The lowest BCUT2D eigenvalue weighted by Gasteiger charge is -2.07. The van der Waals surface area contributed by atoms with Crippen molar-refractivity contribution in [1.82, 2.24) is 4.72 Å². The van der Waals surface area contributed by atoms with Gasteiger partial charge in [0.1, 0.15) is 4.90 Å². The number of amides is 1. The Morgan fingerprint density at radius 1 is 1.47 bits per heavy atom. The number of rotatable bonds is 5. The minimum absolute atomic E-state index is 0.0353. The number of benzene rings is 1. The van der Waals surface area contributed by atoms with Gasteiger partial charge in [0.2, 0.25) is 15.9 Å². The number of hydrogen-bond donors (Lipinski definition) is 2. The minimum Gasteiger partial charge on any atom is -0.370 e. The third kappa shape index (κ3) is 4.27. The summed E-state index contributed by atoms with van der Waals surface area (Å²) in [6, 6.07) is 4.41. The number of nitrogens with two attached hydrogens (primary N) is 1. The zero-order valence-electron chi connectivity index (χ0n) is 8.61. The van der Waals surface area contributed by atoms with Crippen molar-refractivity contribution in [2.45, 2.75) is 11.3 Å². The molecule has 94 valence electrons. The van der Waals surface area contributed by atoms with Crippen LogP contribution < -0.4 is 10.5 Å². The molecule has 1 rings (SSSR count). The SMILES string of the molecule is NC(=O)CCNS(=O)(=O)c1ccc(Br)cc1Cl. The summed E-state index contributed by atoms with van der Waals surface area (Å²) in [5.41, 5.74) is 4.90. The van der Waals surface area contributed by atoms with Gasteiger partial charge in [0.15, 0.2) is 0 Å². The fourth-order valence-corrected chi connectivity index (χ4v) is 3.15. The molecular formula is C9H10BrClN2O3S. The van der Waals surface area contributed by atoms with Crippen molar-refractivity contribution < 1.29 is 13.2 Å². The van der Waals surface area contributed by atoms with Crippen LogP contribution in [0.4, 0.5) is 0 Å². The number of nitrogens with one attached hydrogen (secondary N) is 1. The highest BCUT2D eigenvalue weighted by Crippen LogP contribution is 2.24. The highest BCUT2D eigenvalue weighted by molar-refractivity contribution is 9.10. The lowest BCUT2D eigenvalue weighted by atomic mass is 10.4. The molecule has 0 saturated heterocycles. The van der Waals surface area contributed by atoms with Crippen LogP contribution in [-0.4, -0.2) is 20.9 Å². The van der Waals surface area contributed by atoms with Crippen molar-refractivity contribution in [1.29, 1.82) is 0 Å². The Morgan fingerprint density at radius 2 is 2.12 bits per heavy atom. The Morgan fingerprint density at radius 3 is 2.65 bits per heavy atom. The Labute approximate surface area is 113 Å². The van der Waals surface area contributed by atoms with Gasteiger partial charge in [0, 0.05) is 17.4 Å². The molecule has 1 amide bonds. The molecule has 0 saturated carbocycles. The highest BCUT2D eigenvalue weighted by Gasteiger charge is 2.17. The van der Waals surface area contributed by atoms with Crippen LogP contribution in [0.25, 0.3) is 0 Å². The summed E-state index contributed by atoms with van der Waals surface area (Å²) >= 11 is 8.99. The van der Waals surface area contributed by atoms with Crippen molar-refractivity contribution in [2.24, 2.45) is 5.73 Å². The lowest BCUT2D eigenvalue weighted by molar-refractivity contribution is -0.117. The van der Waals surface area contributed by atoms with Gasteiger partial charge < -0.3 is 5.73 Å². The predicted molar refractivity (Wildman–Crippen MR) is 68.2 cm³/mol. The summed E-state index contributed by atoms with van der Waals surface area (Å²) in [5.74, 6) is -0.574. The average Bonchev–Trinajstić information content (AvgIpc) is 2.15. The number of primary amides is 1. The van der Waals surface area contributed by atoms with Crippen LogP contribution in [0.2, 0.25) is 5.02 Å². The normalized spacial score (nSPS) is 11.4. The Hall–Kier alpha value is -0.630. The van der Waals surface area contributed by atoms with E-state index in [-0.39, 0.29) is 22.9 Å². The maximum Gasteiger partial charge on any atom is 0.242 e. The summed E-state index contributed by atoms with van der Waals surface area (Å²) in [5, 5.41) is 0.103. The third-order valence-corrected chi connectivity index (χ3v) is 4.28. The van der Waals surface area contributed by atoms with Crippen LogP contribution in [0.3, 0.4) is 0 Å². The van der Waals surface area contributed by atoms with Gasteiger partial charge in [-0.2, -0.15) is 0 Å². The van der Waals surface area contributed by atoms with Crippen molar-refractivity contribution >= 4 is 43.5 Å². The molecule has 0 bridgehead atoms. The molecule has 0 unspecified atom stereocenters. The zero-order chi connectivity index (χ0) is 13.1. The quantitative estimate of drug-likeness (QED) is 0.845. The minimum atomic E-state index is -3.71. The van der Waals surface area contributed by atoms with Crippen LogP contribution in [0.1, 0.15) is 6.42 Å². The average molecular weight is 342 g/mol. The predicted octanol–water partition coefficient (Wildman–Crippen LogP) is 1.26. The van der Waals surface area contributed by atoms with Crippen LogP contribution in [0.15, 0.2) is 27.6 Å². The van der Waals surface area contributed by atoms with E-state index in [0.717, 1.165) is 0 Å². The van der Waals surface area contributed by atoms with Crippen LogP contribution in [0, 0.1) is 0 Å². The van der Waals surface area contributed by atoms with Crippen molar-refractivity contribution in [3.8, 4) is 0 Å². The van der Waals surface area contributed by atoms with Crippen LogP contribution >= 0.6 is 27.5 Å². The molecule has 0 aliphatic carbocycles. The van der Waals surface area contributed by atoms with Crippen LogP contribution in [0.5, 0.6) is 0 Å². The van der Waals surface area contributed by atoms with Gasteiger partial charge in [-0.1, -0.05) is 27.5 Å². The van der Waals surface area contributed by atoms with Crippen molar-refractivity contribution in [2.75, 3.05) is 6.54 Å². The molecule has 0 aliphatic heterocycles. The summed E-state index contributed by atoms with van der Waals surface area (Å²) < 4.78 is 26.5. The molecule has 0 aromatic heterocycles. The zero-order valence-corrected chi connectivity index (χ0v) is 11.8. The van der Waals surface area contributed by atoms with Gasteiger partial charge in [0.25, 0.3) is 0 Å². The number of carbonyl (C=O) groups is 1. The molecule has 0 atom stereocenters. The van der Waals surface area contributed by atoms with E-state index in [1.807, 2.05) is 0 Å². The topological polar surface area (TPSA) is 89.3 Å². The monoisotopic (exact) mass is 340 g/mol. The molecule has 0 radical (unpaired) electrons. The highest BCUT2D eigenvalue weighted by atomic mass is 79.9. The smallest absolute Gasteiger partial charge is 0.242 e. The van der Waals surface area contributed by atoms with Gasteiger partial charge >= 0.3 is 0 Å². The van der Waals surface area contributed by atoms with Gasteiger partial charge in [-0.3, -0.25) is 4.79 Å². The van der Waals surface area contributed by atoms with E-state index in [2.05, 4.69) is 20.7 Å². The number of hydrogen-bond acceptors (Lipinski definition) is 3. The van der Waals surface area contributed by atoms with E-state index < -0.39 is 15.9 Å². The molecule has 0 heterocycles. The van der Waals surface area contributed by atoms with Gasteiger partial charge in [-0.15, -0.1) is 0 Å². The maximum atomic E-state index is 11.8. The Bertz CT molecular complexity index is 533. The molecule has 17 heavy (non-hydrogen) atoms. The number of carbonyl (C=O) groups excluding carboxylic acids is 1. The van der Waals surface area contributed by atoms with E-state index >= 15 is 0 Å². The molecule has 0 fully saturated rings. The van der Waals surface area contributed by atoms with E-state index in [0.29, 0.717) is 4.47 Å². The maximum absolute atomic E-state index is 11.8. The fourth-order valence-electron chi connectivity index (χ4n) is 1.08. The van der Waals surface area contributed by atoms with Crippen molar-refractivity contribution in [3.63, 3.8) is 0 Å². The van der Waals surface area contributed by atoms with E-state index in [1.165, 1.54) is 12.1 Å². The largest absolute Gasteiger partial charge is 0.370 e. The van der Waals surface area contributed by atoms with E-state index in [1.54, 1.807) is 6.07 Å². The second-order valence-electron chi connectivity index (χ2n) is 3.19. The molecular weight excluding hydrogens is 332 g/mol. The second kappa shape index (κ2) is 5.81. The summed E-state index contributed by atoms with van der Waals surface area (Å²) in [7, 11) is -3.71. The summed E-state index contributed by atoms with van der Waals surface area (Å²) in [6.07, 6.45) is -0.0621. The third-order valence-electron chi connectivity index (χ3n) is 1.85. The van der Waals surface area contributed by atoms with E-state index in [4.69, 9.17) is 17.3 Å². The first-order valence-electron chi connectivity index (χ1n) is 4.56. The molecule has 1 aromatic carbocycles. The molecule has 0 spiro atoms. The van der Waals surface area contributed by atoms with Crippen LogP contribution in [-0.2, 0) is 14.8 Å². The fraction of sp³-hybridized carbons (Fsp3) is 0.222. The van der Waals surface area contributed by atoms with E-state index in [9.17, 15) is 13.2 Å². The molecule has 5 nitrogen and oxygen atoms in total. The Balaban J connectivity index is 2.86. The Kier molecular flexibility index (Phi) is 4.93. The first kappa shape index (κ1) is 14.4. The van der Waals surface area contributed by atoms with Gasteiger partial charge in [0.05, 0.1) is 5.02 Å². The molecule has 1 aromatic rings. The standard InChI is InChI=1S/C9H10BrClN2O3S/c10-6-1-2-8(7(11)5-6)17(15,16)13-4-3-9(12)14/h1-2,5,13H,3-4H2,(H2,12,14). The molecule has 8 heteroatoms. The summed E-state index contributed by atoms with van der Waals surface area (Å²) in [4.78, 5) is 10.5. The molecule has 0 aliphatic rings. The first-order valence-corrected chi connectivity index (χ1v) is 7.21.